The summed E-state index contributed by atoms with van der Waals surface area (Å²) in [6.45, 7) is 5.57. The van der Waals surface area contributed by atoms with Crippen LogP contribution in [0.2, 0.25) is 5.02 Å². The molecule has 236 valence electrons. The van der Waals surface area contributed by atoms with Crippen molar-refractivity contribution < 1.29 is 33.6 Å². The zero-order valence-electron chi connectivity index (χ0n) is 25.8. The second-order valence-electron chi connectivity index (χ2n) is 11.6. The van der Waals surface area contributed by atoms with E-state index in [4.69, 9.17) is 30.5 Å². The van der Waals surface area contributed by atoms with E-state index in [-0.39, 0.29) is 30.3 Å². The SMILES string of the molecule is COC(C1=C(C(=O)OCCC(c2ccccc2)c2ccccc2)C(c2cccc(Cl)c2)C(C(=O)O)=C(C)N1)C1COC(C)(C)O1. The van der Waals surface area contributed by atoms with Crippen LogP contribution in [0.15, 0.2) is 107 Å². The molecule has 2 heterocycles. The minimum Gasteiger partial charge on any atom is -0.478 e. The van der Waals surface area contributed by atoms with Crippen molar-refractivity contribution in [3.63, 3.8) is 0 Å². The summed E-state index contributed by atoms with van der Waals surface area (Å²) >= 11 is 6.38. The van der Waals surface area contributed by atoms with Gasteiger partial charge in [0.2, 0.25) is 0 Å². The lowest BCUT2D eigenvalue weighted by Gasteiger charge is -2.35. The highest BCUT2D eigenvalue weighted by Crippen LogP contribution is 2.42. The first-order valence-electron chi connectivity index (χ1n) is 14.9. The molecule has 1 fully saturated rings. The number of rotatable bonds is 11. The fraction of sp³-hybridized carbons (Fsp3) is 0.333. The number of hydrogen-bond acceptors (Lipinski definition) is 7. The van der Waals surface area contributed by atoms with E-state index in [0.717, 1.165) is 11.1 Å². The number of aliphatic carboxylic acids is 1. The number of esters is 1. The number of carboxylic acid groups (broad SMARTS) is 1. The number of carboxylic acids is 1. The standard InChI is InChI=1S/C36H38ClNO7/c1-22-29(34(39)40)30(25-16-11-17-26(37)20-25)31(32(38-22)33(42-4)28-21-44-36(2,3)45-28)35(41)43-19-18-27(23-12-7-5-8-13-23)24-14-9-6-10-15-24/h5-17,20,27-28,30,33,38H,18-19,21H2,1-4H3,(H,39,40). The molecule has 0 radical (unpaired) electrons. The van der Waals surface area contributed by atoms with Crippen molar-refractivity contribution in [1.29, 1.82) is 0 Å². The first-order chi connectivity index (χ1) is 21.6. The van der Waals surface area contributed by atoms with Crippen LogP contribution in [-0.4, -0.2) is 55.4 Å². The Labute approximate surface area is 268 Å². The number of hydrogen-bond donors (Lipinski definition) is 2. The van der Waals surface area contributed by atoms with E-state index in [9.17, 15) is 14.7 Å². The molecule has 3 aromatic carbocycles. The molecule has 45 heavy (non-hydrogen) atoms. The van der Waals surface area contributed by atoms with Crippen LogP contribution >= 0.6 is 11.6 Å². The third-order valence-electron chi connectivity index (χ3n) is 8.18. The molecule has 1 saturated heterocycles. The summed E-state index contributed by atoms with van der Waals surface area (Å²) in [6.07, 6.45) is -0.850. The summed E-state index contributed by atoms with van der Waals surface area (Å²) in [6, 6.07) is 27.0. The van der Waals surface area contributed by atoms with Crippen LogP contribution in [0, 0.1) is 0 Å². The van der Waals surface area contributed by atoms with Crippen molar-refractivity contribution in [3.05, 3.63) is 129 Å². The molecule has 3 unspecified atom stereocenters. The Morgan fingerprint density at radius 3 is 2.18 bits per heavy atom. The third kappa shape index (κ3) is 7.31. The van der Waals surface area contributed by atoms with E-state index < -0.39 is 35.9 Å². The Hall–Kier alpha value is -3.95. The van der Waals surface area contributed by atoms with Gasteiger partial charge in [0, 0.05) is 23.7 Å². The second-order valence-corrected chi connectivity index (χ2v) is 12.0. The Morgan fingerprint density at radius 2 is 1.64 bits per heavy atom. The maximum Gasteiger partial charge on any atom is 0.336 e. The fourth-order valence-electron chi connectivity index (χ4n) is 6.17. The zero-order chi connectivity index (χ0) is 32.1. The molecular formula is C36H38ClNO7. The molecule has 0 aliphatic carbocycles. The molecule has 0 aromatic heterocycles. The third-order valence-corrected chi connectivity index (χ3v) is 8.41. The van der Waals surface area contributed by atoms with Crippen LogP contribution in [0.3, 0.4) is 0 Å². The number of methoxy groups -OCH3 is 1. The van der Waals surface area contributed by atoms with Gasteiger partial charge in [-0.3, -0.25) is 0 Å². The van der Waals surface area contributed by atoms with Crippen molar-refractivity contribution in [3.8, 4) is 0 Å². The van der Waals surface area contributed by atoms with Crippen molar-refractivity contribution >= 4 is 23.5 Å². The maximum atomic E-state index is 14.3. The fourth-order valence-corrected chi connectivity index (χ4v) is 6.37. The number of nitrogens with one attached hydrogen (secondary N) is 1. The van der Waals surface area contributed by atoms with Crippen LogP contribution in [0.1, 0.15) is 55.7 Å². The summed E-state index contributed by atoms with van der Waals surface area (Å²) in [4.78, 5) is 27.0. The number of ether oxygens (including phenoxy) is 4. The van der Waals surface area contributed by atoms with E-state index in [0.29, 0.717) is 28.4 Å². The van der Waals surface area contributed by atoms with Crippen LogP contribution in [0.25, 0.3) is 0 Å². The van der Waals surface area contributed by atoms with Gasteiger partial charge in [-0.25, -0.2) is 9.59 Å². The molecule has 3 atom stereocenters. The molecule has 0 amide bonds. The molecule has 0 saturated carbocycles. The van der Waals surface area contributed by atoms with Crippen molar-refractivity contribution in [2.24, 2.45) is 0 Å². The number of carbonyl (C=O) groups excluding carboxylic acids is 1. The summed E-state index contributed by atoms with van der Waals surface area (Å²) in [5.41, 5.74) is 3.60. The highest BCUT2D eigenvalue weighted by Gasteiger charge is 2.45. The van der Waals surface area contributed by atoms with Gasteiger partial charge in [-0.2, -0.15) is 0 Å². The number of halogens is 1. The number of benzene rings is 3. The molecule has 2 aliphatic rings. The Morgan fingerprint density at radius 1 is 1.00 bits per heavy atom. The van der Waals surface area contributed by atoms with Crippen LogP contribution in [0.5, 0.6) is 0 Å². The quantitative estimate of drug-likeness (QED) is 0.229. The molecule has 2 aliphatic heterocycles. The highest BCUT2D eigenvalue weighted by molar-refractivity contribution is 6.30. The van der Waals surface area contributed by atoms with Gasteiger partial charge < -0.3 is 29.4 Å². The molecule has 2 N–H and O–H groups in total. The second kappa shape index (κ2) is 14.0. The van der Waals surface area contributed by atoms with Gasteiger partial charge in [0.05, 0.1) is 36.0 Å². The van der Waals surface area contributed by atoms with E-state index in [1.165, 1.54) is 7.11 Å². The van der Waals surface area contributed by atoms with Crippen LogP contribution in [0.4, 0.5) is 0 Å². The first kappa shape index (κ1) is 32.4. The Bertz CT molecular complexity index is 1550. The van der Waals surface area contributed by atoms with E-state index >= 15 is 0 Å². The number of allylic oxidation sites excluding steroid dienone is 1. The number of dihydropyridines is 1. The summed E-state index contributed by atoms with van der Waals surface area (Å²) < 4.78 is 23.9. The summed E-state index contributed by atoms with van der Waals surface area (Å²) in [5.74, 6) is -3.69. The molecular weight excluding hydrogens is 594 g/mol. The molecule has 8 nitrogen and oxygen atoms in total. The van der Waals surface area contributed by atoms with Gasteiger partial charge in [0.15, 0.2) is 5.79 Å². The molecule has 0 spiro atoms. The van der Waals surface area contributed by atoms with Crippen molar-refractivity contribution in [2.45, 2.75) is 57.0 Å². The first-order valence-corrected chi connectivity index (χ1v) is 15.3. The van der Waals surface area contributed by atoms with Gasteiger partial charge >= 0.3 is 11.9 Å². The Kier molecular flexibility index (Phi) is 10.1. The minimum absolute atomic E-state index is 0.0122. The average Bonchev–Trinajstić information content (AvgIpc) is 3.38. The molecule has 5 rings (SSSR count). The van der Waals surface area contributed by atoms with Crippen molar-refractivity contribution in [2.75, 3.05) is 20.3 Å². The van der Waals surface area contributed by atoms with E-state index in [1.54, 1.807) is 45.0 Å². The molecule has 0 bridgehead atoms. The average molecular weight is 632 g/mol. The lowest BCUT2D eigenvalue weighted by atomic mass is 9.79. The summed E-state index contributed by atoms with van der Waals surface area (Å²) in [5, 5.41) is 14.0. The highest BCUT2D eigenvalue weighted by atomic mass is 35.5. The Balaban J connectivity index is 1.54. The molecule has 3 aromatic rings. The van der Waals surface area contributed by atoms with E-state index in [1.807, 2.05) is 36.4 Å². The number of carbonyl (C=O) groups is 2. The van der Waals surface area contributed by atoms with E-state index in [2.05, 4.69) is 29.6 Å². The lowest BCUT2D eigenvalue weighted by molar-refractivity contribution is -0.150. The predicted octanol–water partition coefficient (Wildman–Crippen LogP) is 6.57. The minimum atomic E-state index is -1.17. The van der Waals surface area contributed by atoms with Crippen LogP contribution < -0.4 is 5.32 Å². The normalized spacial score (nSPS) is 20.2. The monoisotopic (exact) mass is 631 g/mol. The zero-order valence-corrected chi connectivity index (χ0v) is 26.5. The maximum absolute atomic E-state index is 14.3. The smallest absolute Gasteiger partial charge is 0.336 e. The topological polar surface area (TPSA) is 103 Å². The summed E-state index contributed by atoms with van der Waals surface area (Å²) in [7, 11) is 1.52. The van der Waals surface area contributed by atoms with Gasteiger partial charge in [0.25, 0.3) is 0 Å². The van der Waals surface area contributed by atoms with Crippen molar-refractivity contribution in [1.82, 2.24) is 5.32 Å². The van der Waals surface area contributed by atoms with Crippen LogP contribution in [-0.2, 0) is 28.5 Å². The largest absolute Gasteiger partial charge is 0.478 e. The van der Waals surface area contributed by atoms with Gasteiger partial charge in [-0.15, -0.1) is 0 Å². The molecule has 9 heteroatoms. The predicted molar refractivity (Wildman–Crippen MR) is 171 cm³/mol. The van der Waals surface area contributed by atoms with Gasteiger partial charge in [0.1, 0.15) is 12.2 Å². The van der Waals surface area contributed by atoms with Gasteiger partial charge in [-0.1, -0.05) is 84.4 Å². The van der Waals surface area contributed by atoms with Gasteiger partial charge in [-0.05, 0) is 56.0 Å². The lowest BCUT2D eigenvalue weighted by Crippen LogP contribution is -2.43.